The van der Waals surface area contributed by atoms with Gasteiger partial charge in [0, 0.05) is 18.8 Å². The monoisotopic (exact) mass is 338 g/mol. The molecule has 0 aliphatic heterocycles. The van der Waals surface area contributed by atoms with Crippen molar-refractivity contribution in [1.82, 2.24) is 4.90 Å². The van der Waals surface area contributed by atoms with Gasteiger partial charge in [-0.3, -0.25) is 4.79 Å². The van der Waals surface area contributed by atoms with Crippen LogP contribution in [0.25, 0.3) is 0 Å². The summed E-state index contributed by atoms with van der Waals surface area (Å²) in [6.07, 6.45) is 0. The van der Waals surface area contributed by atoms with Crippen molar-refractivity contribution >= 4 is 27.5 Å². The van der Waals surface area contributed by atoms with Crippen molar-refractivity contribution in [3.05, 3.63) is 46.3 Å². The van der Waals surface area contributed by atoms with Crippen molar-refractivity contribution in [2.75, 3.05) is 19.9 Å². The third-order valence-corrected chi connectivity index (χ3v) is 3.25. The molecule has 20 heavy (non-hydrogen) atoms. The molecule has 0 unspecified atom stereocenters. The molecule has 1 amide bonds. The predicted molar refractivity (Wildman–Crippen MR) is 79.6 cm³/mol. The van der Waals surface area contributed by atoms with Crippen LogP contribution in [0.15, 0.2) is 39.4 Å². The number of benzene rings is 1. The Kier molecular flexibility index (Phi) is 4.34. The lowest BCUT2D eigenvalue weighted by molar-refractivity contribution is 0.0771. The van der Waals surface area contributed by atoms with Crippen molar-refractivity contribution < 1.29 is 13.9 Å². The van der Waals surface area contributed by atoms with Crippen molar-refractivity contribution in [2.45, 2.75) is 6.54 Å². The summed E-state index contributed by atoms with van der Waals surface area (Å²) < 4.78 is 11.2. The first-order valence-corrected chi connectivity index (χ1v) is 6.73. The summed E-state index contributed by atoms with van der Waals surface area (Å²) in [7, 11) is 3.21. The van der Waals surface area contributed by atoms with E-state index in [0.717, 1.165) is 0 Å². The van der Waals surface area contributed by atoms with E-state index in [0.29, 0.717) is 34.0 Å². The van der Waals surface area contributed by atoms with Crippen LogP contribution in [0.1, 0.15) is 16.1 Å². The van der Waals surface area contributed by atoms with E-state index >= 15 is 0 Å². The fourth-order valence-electron chi connectivity index (χ4n) is 1.83. The zero-order valence-electron chi connectivity index (χ0n) is 11.2. The molecular weight excluding hydrogens is 324 g/mol. The van der Waals surface area contributed by atoms with E-state index in [1.165, 1.54) is 7.11 Å². The van der Waals surface area contributed by atoms with Gasteiger partial charge in [0.1, 0.15) is 11.5 Å². The fourth-order valence-corrected chi connectivity index (χ4v) is 2.17. The summed E-state index contributed by atoms with van der Waals surface area (Å²) in [6, 6.07) is 8.56. The first-order chi connectivity index (χ1) is 9.51. The number of carbonyl (C=O) groups is 1. The summed E-state index contributed by atoms with van der Waals surface area (Å²) in [5.41, 5.74) is 6.70. The van der Waals surface area contributed by atoms with Crippen LogP contribution in [-0.4, -0.2) is 25.0 Å². The topological polar surface area (TPSA) is 68.7 Å². The second-order valence-electron chi connectivity index (χ2n) is 4.33. The van der Waals surface area contributed by atoms with Gasteiger partial charge in [0.15, 0.2) is 4.67 Å². The van der Waals surface area contributed by atoms with Crippen LogP contribution in [0.5, 0.6) is 5.75 Å². The maximum atomic E-state index is 12.4. The standard InChI is InChI=1S/C14H15BrN2O3/c1-17(8-10-4-6-13(15)20-10)14(18)11-5-3-9(16)7-12(11)19-2/h3-7H,8,16H2,1-2H3. The summed E-state index contributed by atoms with van der Waals surface area (Å²) in [4.78, 5) is 14.0. The Morgan fingerprint density at radius 2 is 2.15 bits per heavy atom. The van der Waals surface area contributed by atoms with Crippen molar-refractivity contribution in [1.29, 1.82) is 0 Å². The number of rotatable bonds is 4. The molecule has 0 radical (unpaired) electrons. The molecule has 0 fully saturated rings. The minimum Gasteiger partial charge on any atom is -0.496 e. The molecule has 0 saturated carbocycles. The fraction of sp³-hybridized carbons (Fsp3) is 0.214. The molecular formula is C14H15BrN2O3. The maximum Gasteiger partial charge on any atom is 0.257 e. The highest BCUT2D eigenvalue weighted by molar-refractivity contribution is 9.10. The first-order valence-electron chi connectivity index (χ1n) is 5.94. The molecule has 0 saturated heterocycles. The van der Waals surface area contributed by atoms with Crippen LogP contribution in [0.4, 0.5) is 5.69 Å². The van der Waals surface area contributed by atoms with E-state index in [9.17, 15) is 4.79 Å². The second-order valence-corrected chi connectivity index (χ2v) is 5.11. The molecule has 0 spiro atoms. The maximum absolute atomic E-state index is 12.4. The normalized spacial score (nSPS) is 10.3. The van der Waals surface area contributed by atoms with Crippen LogP contribution in [-0.2, 0) is 6.54 Å². The smallest absolute Gasteiger partial charge is 0.257 e. The molecule has 0 aliphatic carbocycles. The number of halogens is 1. The minimum absolute atomic E-state index is 0.158. The number of nitrogen functional groups attached to an aromatic ring is 1. The molecule has 5 nitrogen and oxygen atoms in total. The predicted octanol–water partition coefficient (Wildman–Crippen LogP) is 2.91. The lowest BCUT2D eigenvalue weighted by Crippen LogP contribution is -2.26. The Morgan fingerprint density at radius 1 is 1.40 bits per heavy atom. The van der Waals surface area contributed by atoms with Gasteiger partial charge in [-0.25, -0.2) is 0 Å². The average molecular weight is 339 g/mol. The molecule has 2 aromatic rings. The van der Waals surface area contributed by atoms with E-state index in [-0.39, 0.29) is 5.91 Å². The van der Waals surface area contributed by atoms with Gasteiger partial charge >= 0.3 is 0 Å². The Hall–Kier alpha value is -1.95. The number of nitrogens with zero attached hydrogens (tertiary/aromatic N) is 1. The molecule has 2 N–H and O–H groups in total. The number of furan rings is 1. The second kappa shape index (κ2) is 6.00. The highest BCUT2D eigenvalue weighted by Gasteiger charge is 2.18. The van der Waals surface area contributed by atoms with E-state index in [1.807, 2.05) is 6.07 Å². The Morgan fingerprint density at radius 3 is 2.75 bits per heavy atom. The largest absolute Gasteiger partial charge is 0.496 e. The lowest BCUT2D eigenvalue weighted by Gasteiger charge is -2.17. The summed E-state index contributed by atoms with van der Waals surface area (Å²) >= 11 is 3.23. The molecule has 1 heterocycles. The van der Waals surface area contributed by atoms with Crippen LogP contribution >= 0.6 is 15.9 Å². The molecule has 1 aromatic carbocycles. The molecule has 2 rings (SSSR count). The number of amides is 1. The highest BCUT2D eigenvalue weighted by atomic mass is 79.9. The van der Waals surface area contributed by atoms with E-state index in [2.05, 4.69) is 15.9 Å². The first kappa shape index (κ1) is 14.5. The van der Waals surface area contributed by atoms with Gasteiger partial charge in [-0.05, 0) is 40.2 Å². The van der Waals surface area contributed by atoms with Crippen molar-refractivity contribution in [3.63, 3.8) is 0 Å². The molecule has 1 aromatic heterocycles. The quantitative estimate of drug-likeness (QED) is 0.870. The van der Waals surface area contributed by atoms with Gasteiger partial charge in [-0.1, -0.05) is 0 Å². The number of nitrogens with two attached hydrogens (primary N) is 1. The number of hydrogen-bond acceptors (Lipinski definition) is 4. The molecule has 0 aliphatic rings. The van der Waals surface area contributed by atoms with Gasteiger partial charge in [0.2, 0.25) is 0 Å². The summed E-state index contributed by atoms with van der Waals surface area (Å²) in [6.45, 7) is 0.373. The molecule has 6 heteroatoms. The SMILES string of the molecule is COc1cc(N)ccc1C(=O)N(C)Cc1ccc(Br)o1. The Balaban J connectivity index is 2.18. The van der Waals surface area contributed by atoms with Crippen molar-refractivity contribution in [2.24, 2.45) is 0 Å². The van der Waals surface area contributed by atoms with Crippen molar-refractivity contribution in [3.8, 4) is 5.75 Å². The summed E-state index contributed by atoms with van der Waals surface area (Å²) in [5.74, 6) is 0.999. The van der Waals surface area contributed by atoms with Gasteiger partial charge in [-0.15, -0.1) is 0 Å². The zero-order valence-corrected chi connectivity index (χ0v) is 12.8. The van der Waals surface area contributed by atoms with Crippen LogP contribution in [0, 0.1) is 0 Å². The van der Waals surface area contributed by atoms with Gasteiger partial charge < -0.3 is 19.8 Å². The zero-order chi connectivity index (χ0) is 14.7. The molecule has 0 atom stereocenters. The number of hydrogen-bond donors (Lipinski definition) is 1. The van der Waals surface area contributed by atoms with Gasteiger partial charge in [0.05, 0.1) is 19.2 Å². The number of carbonyl (C=O) groups excluding carboxylic acids is 1. The van der Waals surface area contributed by atoms with E-state index in [1.54, 1.807) is 36.2 Å². The molecule has 106 valence electrons. The third kappa shape index (κ3) is 3.14. The van der Waals surface area contributed by atoms with Gasteiger partial charge in [0.25, 0.3) is 5.91 Å². The van der Waals surface area contributed by atoms with E-state index in [4.69, 9.17) is 14.9 Å². The summed E-state index contributed by atoms with van der Waals surface area (Å²) in [5, 5.41) is 0. The minimum atomic E-state index is -0.158. The lowest BCUT2D eigenvalue weighted by atomic mass is 10.1. The third-order valence-electron chi connectivity index (χ3n) is 2.82. The Labute approximate surface area is 125 Å². The number of methoxy groups -OCH3 is 1. The Bertz CT molecular complexity index is 625. The van der Waals surface area contributed by atoms with Gasteiger partial charge in [-0.2, -0.15) is 0 Å². The van der Waals surface area contributed by atoms with Crippen LogP contribution in [0.3, 0.4) is 0 Å². The number of anilines is 1. The van der Waals surface area contributed by atoms with Crippen LogP contribution in [0.2, 0.25) is 0 Å². The molecule has 0 bridgehead atoms. The van der Waals surface area contributed by atoms with Crippen LogP contribution < -0.4 is 10.5 Å². The highest BCUT2D eigenvalue weighted by Crippen LogP contribution is 2.23. The van der Waals surface area contributed by atoms with E-state index < -0.39 is 0 Å². The number of ether oxygens (including phenoxy) is 1. The average Bonchev–Trinajstić information content (AvgIpc) is 2.83.